The molecule has 0 heterocycles. The molecule has 0 spiro atoms. The first-order valence-corrected chi connectivity index (χ1v) is 4.64. The smallest absolute Gasteiger partial charge is 0.327 e. The summed E-state index contributed by atoms with van der Waals surface area (Å²) in [5.74, 6) is -0.0640. The SMILES string of the molecule is CC=CC(=O)O.CCCCCCl. The standard InChI is InChI=1S/C5H11Cl.C4H6O2/c1-2-3-4-5-6;1-2-3-4(5)6/h2-5H2,1H3;2-3H,1H3,(H,5,6). The van der Waals surface area contributed by atoms with E-state index in [4.69, 9.17) is 16.7 Å². The van der Waals surface area contributed by atoms with Crippen molar-refractivity contribution in [2.24, 2.45) is 0 Å². The Morgan fingerprint density at radius 1 is 1.50 bits per heavy atom. The first-order valence-electron chi connectivity index (χ1n) is 4.10. The molecule has 0 atom stereocenters. The lowest BCUT2D eigenvalue weighted by atomic mass is 10.3. The molecule has 12 heavy (non-hydrogen) atoms. The Labute approximate surface area is 79.2 Å². The molecule has 0 aromatic carbocycles. The molecule has 0 bridgehead atoms. The average molecular weight is 193 g/mol. The van der Waals surface area contributed by atoms with Gasteiger partial charge in [0.15, 0.2) is 0 Å². The maximum absolute atomic E-state index is 9.51. The summed E-state index contributed by atoms with van der Waals surface area (Å²) in [5, 5.41) is 7.83. The third-order valence-electron chi connectivity index (χ3n) is 1.05. The second-order valence-electron chi connectivity index (χ2n) is 2.23. The van der Waals surface area contributed by atoms with E-state index in [2.05, 4.69) is 6.92 Å². The number of unbranched alkanes of at least 4 members (excludes halogenated alkanes) is 2. The fraction of sp³-hybridized carbons (Fsp3) is 0.667. The van der Waals surface area contributed by atoms with Crippen molar-refractivity contribution in [3.63, 3.8) is 0 Å². The van der Waals surface area contributed by atoms with Crippen molar-refractivity contribution in [1.29, 1.82) is 0 Å². The van der Waals surface area contributed by atoms with Gasteiger partial charge in [-0.25, -0.2) is 4.79 Å². The maximum Gasteiger partial charge on any atom is 0.327 e. The Kier molecular flexibility index (Phi) is 15.4. The van der Waals surface area contributed by atoms with Crippen LogP contribution in [0.2, 0.25) is 0 Å². The van der Waals surface area contributed by atoms with E-state index in [1.165, 1.54) is 25.3 Å². The number of rotatable bonds is 4. The van der Waals surface area contributed by atoms with Crippen LogP contribution in [0, 0.1) is 0 Å². The summed E-state index contributed by atoms with van der Waals surface area (Å²) < 4.78 is 0. The van der Waals surface area contributed by atoms with Gasteiger partial charge < -0.3 is 5.11 Å². The van der Waals surface area contributed by atoms with Gasteiger partial charge in [-0.3, -0.25) is 0 Å². The van der Waals surface area contributed by atoms with Crippen molar-refractivity contribution < 1.29 is 9.90 Å². The van der Waals surface area contributed by atoms with Crippen molar-refractivity contribution >= 4 is 17.6 Å². The summed E-state index contributed by atoms with van der Waals surface area (Å²) >= 11 is 5.38. The van der Waals surface area contributed by atoms with Gasteiger partial charge >= 0.3 is 5.97 Å². The van der Waals surface area contributed by atoms with Crippen LogP contribution in [-0.4, -0.2) is 17.0 Å². The third-order valence-corrected chi connectivity index (χ3v) is 1.31. The first kappa shape index (κ1) is 14.0. The van der Waals surface area contributed by atoms with Gasteiger partial charge in [-0.15, -0.1) is 11.6 Å². The van der Waals surface area contributed by atoms with Gasteiger partial charge in [-0.2, -0.15) is 0 Å². The molecule has 72 valence electrons. The van der Waals surface area contributed by atoms with Gasteiger partial charge in [-0.05, 0) is 13.3 Å². The van der Waals surface area contributed by atoms with Crippen LogP contribution < -0.4 is 0 Å². The number of carboxylic acids is 1. The van der Waals surface area contributed by atoms with Crippen molar-refractivity contribution in [3.05, 3.63) is 12.2 Å². The average Bonchev–Trinajstić information content (AvgIpc) is 2.02. The molecule has 0 amide bonds. The third kappa shape index (κ3) is 22.7. The number of hydrogen-bond acceptors (Lipinski definition) is 1. The maximum atomic E-state index is 9.51. The van der Waals surface area contributed by atoms with Gasteiger partial charge in [-0.1, -0.05) is 25.8 Å². The lowest BCUT2D eigenvalue weighted by molar-refractivity contribution is -0.131. The molecule has 0 saturated heterocycles. The monoisotopic (exact) mass is 192 g/mol. The fourth-order valence-electron chi connectivity index (χ4n) is 0.487. The van der Waals surface area contributed by atoms with E-state index in [0.29, 0.717) is 0 Å². The molecule has 0 saturated carbocycles. The van der Waals surface area contributed by atoms with Gasteiger partial charge in [0.2, 0.25) is 0 Å². The number of carbonyl (C=O) groups is 1. The van der Waals surface area contributed by atoms with E-state index in [-0.39, 0.29) is 0 Å². The molecule has 3 heteroatoms. The minimum atomic E-state index is -0.891. The summed E-state index contributed by atoms with van der Waals surface area (Å²) in [5.41, 5.74) is 0. The van der Waals surface area contributed by atoms with Crippen molar-refractivity contribution in [2.75, 3.05) is 5.88 Å². The fourth-order valence-corrected chi connectivity index (χ4v) is 0.676. The van der Waals surface area contributed by atoms with Crippen molar-refractivity contribution in [3.8, 4) is 0 Å². The predicted molar refractivity (Wildman–Crippen MR) is 52.7 cm³/mol. The number of allylic oxidation sites excluding steroid dienone is 1. The van der Waals surface area contributed by atoms with Crippen LogP contribution >= 0.6 is 11.6 Å². The molecule has 2 nitrogen and oxygen atoms in total. The van der Waals surface area contributed by atoms with E-state index in [9.17, 15) is 4.79 Å². The second-order valence-corrected chi connectivity index (χ2v) is 2.61. The summed E-state index contributed by atoms with van der Waals surface area (Å²) in [4.78, 5) is 9.51. The molecule has 0 aliphatic rings. The molecule has 0 aromatic heterocycles. The number of aliphatic carboxylic acids is 1. The zero-order valence-electron chi connectivity index (χ0n) is 7.72. The molecule has 0 fully saturated rings. The van der Waals surface area contributed by atoms with Crippen LogP contribution in [0.5, 0.6) is 0 Å². The molecule has 0 aliphatic carbocycles. The largest absolute Gasteiger partial charge is 0.478 e. The molecule has 0 aliphatic heterocycles. The zero-order chi connectivity index (χ0) is 9.82. The first-order chi connectivity index (χ1) is 5.68. The lowest BCUT2D eigenvalue weighted by Crippen LogP contribution is -1.83. The Morgan fingerprint density at radius 3 is 2.17 bits per heavy atom. The summed E-state index contributed by atoms with van der Waals surface area (Å²) in [6.45, 7) is 3.83. The van der Waals surface area contributed by atoms with E-state index in [0.717, 1.165) is 12.0 Å². The Balaban J connectivity index is 0. The Bertz CT molecular complexity index is 118. The van der Waals surface area contributed by atoms with Crippen LogP contribution in [0.1, 0.15) is 33.1 Å². The number of halogens is 1. The molecular weight excluding hydrogens is 176 g/mol. The van der Waals surface area contributed by atoms with E-state index in [1.54, 1.807) is 6.92 Å². The molecule has 0 rings (SSSR count). The van der Waals surface area contributed by atoms with Crippen molar-refractivity contribution in [1.82, 2.24) is 0 Å². The minimum absolute atomic E-state index is 0.827. The molecule has 0 aromatic rings. The second kappa shape index (κ2) is 13.1. The Morgan fingerprint density at radius 2 is 2.08 bits per heavy atom. The minimum Gasteiger partial charge on any atom is -0.478 e. The van der Waals surface area contributed by atoms with E-state index >= 15 is 0 Å². The van der Waals surface area contributed by atoms with Crippen molar-refractivity contribution in [2.45, 2.75) is 33.1 Å². The van der Waals surface area contributed by atoms with Gasteiger partial charge in [0, 0.05) is 12.0 Å². The van der Waals surface area contributed by atoms with Gasteiger partial charge in [0.25, 0.3) is 0 Å². The van der Waals surface area contributed by atoms with E-state index in [1.807, 2.05) is 0 Å². The summed E-state index contributed by atoms with van der Waals surface area (Å²) in [6, 6.07) is 0. The molecular formula is C9H17ClO2. The molecule has 0 radical (unpaired) electrons. The summed E-state index contributed by atoms with van der Waals surface area (Å²) in [7, 11) is 0. The highest BCUT2D eigenvalue weighted by molar-refractivity contribution is 6.17. The lowest BCUT2D eigenvalue weighted by Gasteiger charge is -1.84. The molecule has 0 unspecified atom stereocenters. The number of alkyl halides is 1. The highest BCUT2D eigenvalue weighted by Gasteiger charge is 1.77. The normalized spacial score (nSPS) is 9.25. The van der Waals surface area contributed by atoms with Gasteiger partial charge in [0.1, 0.15) is 0 Å². The number of carboxylic acid groups (broad SMARTS) is 1. The topological polar surface area (TPSA) is 37.3 Å². The molecule has 1 N–H and O–H groups in total. The van der Waals surface area contributed by atoms with Crippen LogP contribution in [0.4, 0.5) is 0 Å². The summed E-state index contributed by atoms with van der Waals surface area (Å²) in [6.07, 6.45) is 6.29. The van der Waals surface area contributed by atoms with Gasteiger partial charge in [0.05, 0.1) is 0 Å². The highest BCUT2D eigenvalue weighted by Crippen LogP contribution is 1.93. The number of hydrogen-bond donors (Lipinski definition) is 1. The quantitative estimate of drug-likeness (QED) is 0.422. The van der Waals surface area contributed by atoms with Crippen LogP contribution in [0.3, 0.4) is 0 Å². The predicted octanol–water partition coefficient (Wildman–Crippen LogP) is 3.06. The Hall–Kier alpha value is -0.500. The highest BCUT2D eigenvalue weighted by atomic mass is 35.5. The van der Waals surface area contributed by atoms with Crippen LogP contribution in [-0.2, 0) is 4.79 Å². The van der Waals surface area contributed by atoms with E-state index < -0.39 is 5.97 Å². The van der Waals surface area contributed by atoms with Crippen LogP contribution in [0.25, 0.3) is 0 Å². The zero-order valence-corrected chi connectivity index (χ0v) is 8.47. The van der Waals surface area contributed by atoms with Crippen LogP contribution in [0.15, 0.2) is 12.2 Å².